The quantitative estimate of drug-likeness (QED) is 0.912. The Morgan fingerprint density at radius 2 is 2.16 bits per heavy atom. The van der Waals surface area contributed by atoms with Crippen molar-refractivity contribution in [2.24, 2.45) is 0 Å². The lowest BCUT2D eigenvalue weighted by Gasteiger charge is -2.33. The molecule has 1 aliphatic rings. The molecule has 0 spiro atoms. The van der Waals surface area contributed by atoms with Crippen molar-refractivity contribution in [1.82, 2.24) is 4.31 Å². The second-order valence-electron chi connectivity index (χ2n) is 4.86. The van der Waals surface area contributed by atoms with Gasteiger partial charge in [-0.2, -0.15) is 4.31 Å². The smallest absolute Gasteiger partial charge is 0.243 e. The van der Waals surface area contributed by atoms with Gasteiger partial charge in [0.25, 0.3) is 0 Å². The summed E-state index contributed by atoms with van der Waals surface area (Å²) in [6.45, 7) is 2.16. The number of benzene rings is 1. The van der Waals surface area contributed by atoms with Gasteiger partial charge < -0.3 is 5.11 Å². The Hall–Kier alpha value is -0.430. The van der Waals surface area contributed by atoms with E-state index >= 15 is 0 Å². The number of aliphatic hydroxyl groups excluding tert-OH is 1. The van der Waals surface area contributed by atoms with Crippen LogP contribution < -0.4 is 0 Å². The molecule has 1 N–H and O–H groups in total. The van der Waals surface area contributed by atoms with Crippen molar-refractivity contribution >= 4 is 26.0 Å². The molecule has 1 heterocycles. The third kappa shape index (κ3) is 3.02. The van der Waals surface area contributed by atoms with Crippen LogP contribution in [0.2, 0.25) is 0 Å². The fraction of sp³-hybridized carbons (Fsp3) is 0.538. The molecule has 1 aromatic rings. The summed E-state index contributed by atoms with van der Waals surface area (Å²) in [6.07, 6.45) is 2.54. The molecular weight excluding hydrogens is 330 g/mol. The fourth-order valence-electron chi connectivity index (χ4n) is 2.45. The summed E-state index contributed by atoms with van der Waals surface area (Å²) in [5.41, 5.74) is 0.727. The molecule has 0 amide bonds. The van der Waals surface area contributed by atoms with Crippen molar-refractivity contribution in [2.75, 3.05) is 13.2 Å². The van der Waals surface area contributed by atoms with E-state index in [1.807, 2.05) is 6.07 Å². The van der Waals surface area contributed by atoms with Crippen molar-refractivity contribution in [2.45, 2.75) is 37.1 Å². The average molecular weight is 348 g/mol. The van der Waals surface area contributed by atoms with E-state index in [0.29, 0.717) is 11.4 Å². The van der Waals surface area contributed by atoms with E-state index in [1.54, 1.807) is 19.1 Å². The SMILES string of the molecule is Cc1ccc(Br)cc1S(=O)(=O)N1CCCCC1CO. The fourth-order valence-corrected chi connectivity index (χ4v) is 4.90. The van der Waals surface area contributed by atoms with Crippen LogP contribution in [0.3, 0.4) is 0 Å². The first-order chi connectivity index (χ1) is 8.96. The zero-order valence-electron chi connectivity index (χ0n) is 10.8. The lowest BCUT2D eigenvalue weighted by Crippen LogP contribution is -2.45. The highest BCUT2D eigenvalue weighted by molar-refractivity contribution is 9.10. The molecule has 2 rings (SSSR count). The second-order valence-corrected chi connectivity index (χ2v) is 7.63. The molecule has 0 saturated carbocycles. The normalized spacial score (nSPS) is 21.5. The number of sulfonamides is 1. The van der Waals surface area contributed by atoms with Crippen LogP contribution >= 0.6 is 15.9 Å². The number of piperidine rings is 1. The number of nitrogens with zero attached hydrogens (tertiary/aromatic N) is 1. The van der Waals surface area contributed by atoms with Gasteiger partial charge in [-0.1, -0.05) is 28.4 Å². The van der Waals surface area contributed by atoms with Crippen molar-refractivity contribution < 1.29 is 13.5 Å². The largest absolute Gasteiger partial charge is 0.395 e. The first kappa shape index (κ1) is 15.0. The van der Waals surface area contributed by atoms with Crippen LogP contribution in [0, 0.1) is 6.92 Å². The first-order valence-electron chi connectivity index (χ1n) is 6.35. The molecule has 0 aliphatic carbocycles. The number of hydrogen-bond acceptors (Lipinski definition) is 3. The zero-order valence-corrected chi connectivity index (χ0v) is 13.2. The molecule has 4 nitrogen and oxygen atoms in total. The summed E-state index contributed by atoms with van der Waals surface area (Å²) in [7, 11) is -3.53. The summed E-state index contributed by atoms with van der Waals surface area (Å²) in [4.78, 5) is 0.322. The van der Waals surface area contributed by atoms with Gasteiger partial charge in [0.1, 0.15) is 0 Å². The minimum Gasteiger partial charge on any atom is -0.395 e. The molecule has 0 bridgehead atoms. The Morgan fingerprint density at radius 3 is 2.84 bits per heavy atom. The van der Waals surface area contributed by atoms with Gasteiger partial charge in [0.15, 0.2) is 0 Å². The van der Waals surface area contributed by atoms with Gasteiger partial charge in [-0.25, -0.2) is 8.42 Å². The number of halogens is 1. The molecule has 1 aromatic carbocycles. The predicted octanol–water partition coefficient (Wildman–Crippen LogP) is 2.29. The van der Waals surface area contributed by atoms with E-state index < -0.39 is 10.0 Å². The Labute approximate surface area is 122 Å². The molecule has 19 heavy (non-hydrogen) atoms. The summed E-state index contributed by atoms with van der Waals surface area (Å²) in [5, 5.41) is 9.38. The summed E-state index contributed by atoms with van der Waals surface area (Å²) in [5.74, 6) is 0. The summed E-state index contributed by atoms with van der Waals surface area (Å²) >= 11 is 3.31. The van der Waals surface area contributed by atoms with Crippen LogP contribution in [-0.2, 0) is 10.0 Å². The Morgan fingerprint density at radius 1 is 1.42 bits per heavy atom. The molecular formula is C13H18BrNO3S. The van der Waals surface area contributed by atoms with Gasteiger partial charge in [-0.05, 0) is 37.5 Å². The van der Waals surface area contributed by atoms with Crippen LogP contribution in [-0.4, -0.2) is 37.0 Å². The monoisotopic (exact) mass is 347 g/mol. The Balaban J connectivity index is 2.43. The third-order valence-electron chi connectivity index (χ3n) is 3.52. The highest BCUT2D eigenvalue weighted by Crippen LogP contribution is 2.28. The molecule has 1 fully saturated rings. The minimum absolute atomic E-state index is 0.119. The highest BCUT2D eigenvalue weighted by Gasteiger charge is 2.33. The maximum absolute atomic E-state index is 12.7. The third-order valence-corrected chi connectivity index (χ3v) is 6.11. The second kappa shape index (κ2) is 5.91. The van der Waals surface area contributed by atoms with Crippen molar-refractivity contribution in [3.05, 3.63) is 28.2 Å². The van der Waals surface area contributed by atoms with Crippen LogP contribution in [0.4, 0.5) is 0 Å². The molecule has 6 heteroatoms. The Kier molecular flexibility index (Phi) is 4.66. The van der Waals surface area contributed by atoms with E-state index in [2.05, 4.69) is 15.9 Å². The van der Waals surface area contributed by atoms with Gasteiger partial charge in [0, 0.05) is 17.1 Å². The van der Waals surface area contributed by atoms with Gasteiger partial charge in [-0.15, -0.1) is 0 Å². The lowest BCUT2D eigenvalue weighted by atomic mass is 10.1. The molecule has 1 saturated heterocycles. The topological polar surface area (TPSA) is 57.6 Å². The van der Waals surface area contributed by atoms with Crippen molar-refractivity contribution in [3.8, 4) is 0 Å². The van der Waals surface area contributed by atoms with E-state index in [4.69, 9.17) is 0 Å². The number of rotatable bonds is 3. The molecule has 0 radical (unpaired) electrons. The van der Waals surface area contributed by atoms with Crippen molar-refractivity contribution in [3.63, 3.8) is 0 Å². The molecule has 1 aliphatic heterocycles. The van der Waals surface area contributed by atoms with Crippen LogP contribution in [0.25, 0.3) is 0 Å². The maximum Gasteiger partial charge on any atom is 0.243 e. The van der Waals surface area contributed by atoms with Gasteiger partial charge in [0.05, 0.1) is 11.5 Å². The van der Waals surface area contributed by atoms with Crippen LogP contribution in [0.15, 0.2) is 27.6 Å². The van der Waals surface area contributed by atoms with Crippen LogP contribution in [0.1, 0.15) is 24.8 Å². The summed E-state index contributed by atoms with van der Waals surface area (Å²) < 4.78 is 27.6. The summed E-state index contributed by atoms with van der Waals surface area (Å²) in [6, 6.07) is 4.95. The predicted molar refractivity (Wildman–Crippen MR) is 77.5 cm³/mol. The maximum atomic E-state index is 12.7. The first-order valence-corrected chi connectivity index (χ1v) is 8.59. The van der Waals surface area contributed by atoms with Gasteiger partial charge >= 0.3 is 0 Å². The average Bonchev–Trinajstić information content (AvgIpc) is 2.41. The lowest BCUT2D eigenvalue weighted by molar-refractivity contribution is 0.155. The molecule has 1 unspecified atom stereocenters. The number of aryl methyl sites for hydroxylation is 1. The van der Waals surface area contributed by atoms with E-state index in [9.17, 15) is 13.5 Å². The van der Waals surface area contributed by atoms with E-state index in [0.717, 1.165) is 29.3 Å². The Bertz CT molecular complexity index is 559. The van der Waals surface area contributed by atoms with Crippen LogP contribution in [0.5, 0.6) is 0 Å². The standard InChI is InChI=1S/C13H18BrNO3S/c1-10-5-6-11(14)8-13(10)19(17,18)15-7-3-2-4-12(15)9-16/h5-6,8,12,16H,2-4,7,9H2,1H3. The molecule has 0 aromatic heterocycles. The number of hydrogen-bond donors (Lipinski definition) is 1. The highest BCUT2D eigenvalue weighted by atomic mass is 79.9. The van der Waals surface area contributed by atoms with E-state index in [-0.39, 0.29) is 12.6 Å². The van der Waals surface area contributed by atoms with Crippen molar-refractivity contribution in [1.29, 1.82) is 0 Å². The van der Waals surface area contributed by atoms with Gasteiger partial charge in [-0.3, -0.25) is 0 Å². The van der Waals surface area contributed by atoms with Gasteiger partial charge in [0.2, 0.25) is 10.0 Å². The molecule has 106 valence electrons. The minimum atomic E-state index is -3.53. The number of aliphatic hydroxyl groups is 1. The van der Waals surface area contributed by atoms with E-state index in [1.165, 1.54) is 4.31 Å². The molecule has 1 atom stereocenters. The zero-order chi connectivity index (χ0) is 14.0.